The summed E-state index contributed by atoms with van der Waals surface area (Å²) in [5.74, 6) is 0.285. The monoisotopic (exact) mass is 210 g/mol. The van der Waals surface area contributed by atoms with Gasteiger partial charge in [-0.25, -0.2) is 8.42 Å². The maximum Gasteiger partial charge on any atom is 0.184 e. The van der Waals surface area contributed by atoms with Crippen molar-refractivity contribution in [2.45, 2.75) is 29.9 Å². The molecule has 2 rings (SSSR count). The predicted octanol–water partition coefficient (Wildman–Crippen LogP) is 2.26. The van der Waals surface area contributed by atoms with Crippen molar-refractivity contribution in [1.29, 1.82) is 0 Å². The van der Waals surface area contributed by atoms with E-state index in [-0.39, 0.29) is 5.92 Å². The number of sulfone groups is 1. The molecule has 0 bridgehead atoms. The van der Waals surface area contributed by atoms with E-state index in [0.717, 1.165) is 6.42 Å². The number of benzene rings is 1. The van der Waals surface area contributed by atoms with Gasteiger partial charge in [-0.2, -0.15) is 0 Å². The van der Waals surface area contributed by atoms with Gasteiger partial charge in [-0.15, -0.1) is 0 Å². The highest BCUT2D eigenvalue weighted by Crippen LogP contribution is 2.51. The van der Waals surface area contributed by atoms with Gasteiger partial charge in [-0.05, 0) is 31.4 Å². The summed E-state index contributed by atoms with van der Waals surface area (Å²) in [4.78, 5) is 0.451. The fraction of sp³-hybridized carbons (Fsp3) is 0.455. The van der Waals surface area contributed by atoms with E-state index < -0.39 is 14.6 Å². The van der Waals surface area contributed by atoms with E-state index in [9.17, 15) is 8.42 Å². The van der Waals surface area contributed by atoms with Crippen LogP contribution in [0.1, 0.15) is 20.3 Å². The highest BCUT2D eigenvalue weighted by atomic mass is 32.2. The molecule has 1 saturated carbocycles. The van der Waals surface area contributed by atoms with Gasteiger partial charge in [0.25, 0.3) is 0 Å². The minimum absolute atomic E-state index is 0.285. The average Bonchev–Trinajstić information content (AvgIpc) is 2.78. The number of rotatable bonds is 2. The molecule has 0 aliphatic heterocycles. The molecule has 14 heavy (non-hydrogen) atoms. The minimum Gasteiger partial charge on any atom is -0.223 e. The summed E-state index contributed by atoms with van der Waals surface area (Å²) < 4.78 is 23.7. The van der Waals surface area contributed by atoms with Crippen molar-refractivity contribution < 1.29 is 8.42 Å². The zero-order chi connectivity index (χ0) is 10.4. The molecule has 1 aromatic carbocycles. The Kier molecular flexibility index (Phi) is 1.96. The molecule has 1 aliphatic carbocycles. The molecule has 76 valence electrons. The van der Waals surface area contributed by atoms with Crippen LogP contribution < -0.4 is 0 Å². The van der Waals surface area contributed by atoms with E-state index in [0.29, 0.717) is 4.90 Å². The van der Waals surface area contributed by atoms with Gasteiger partial charge < -0.3 is 0 Å². The molecule has 0 radical (unpaired) electrons. The Morgan fingerprint density at radius 1 is 1.29 bits per heavy atom. The summed E-state index contributed by atoms with van der Waals surface area (Å²) in [6, 6.07) is 8.71. The lowest BCUT2D eigenvalue weighted by molar-refractivity contribution is 0.577. The molecule has 0 unspecified atom stereocenters. The van der Waals surface area contributed by atoms with E-state index in [1.54, 1.807) is 24.3 Å². The second kappa shape index (κ2) is 2.83. The standard InChI is InChI=1S/C11H14O2S/c1-9-8-11(9,2)14(12,13)10-6-4-3-5-7-10/h3-7,9H,8H2,1-2H3/t9-,11-/m0/s1. The van der Waals surface area contributed by atoms with Crippen LogP contribution in [0.25, 0.3) is 0 Å². The zero-order valence-corrected chi connectivity index (χ0v) is 9.21. The van der Waals surface area contributed by atoms with Crippen LogP contribution in [0.15, 0.2) is 35.2 Å². The largest absolute Gasteiger partial charge is 0.223 e. The second-order valence-corrected chi connectivity index (χ2v) is 6.65. The first-order valence-electron chi connectivity index (χ1n) is 4.78. The lowest BCUT2D eigenvalue weighted by atomic mass is 10.4. The van der Waals surface area contributed by atoms with Crippen LogP contribution >= 0.6 is 0 Å². The van der Waals surface area contributed by atoms with Gasteiger partial charge in [0.1, 0.15) is 0 Å². The summed E-state index contributed by atoms with van der Waals surface area (Å²) in [6.07, 6.45) is 0.782. The smallest absolute Gasteiger partial charge is 0.184 e. The molecule has 0 N–H and O–H groups in total. The van der Waals surface area contributed by atoms with Crippen molar-refractivity contribution in [1.82, 2.24) is 0 Å². The Labute approximate surface area is 84.9 Å². The van der Waals surface area contributed by atoms with E-state index in [4.69, 9.17) is 0 Å². The van der Waals surface area contributed by atoms with E-state index in [1.165, 1.54) is 0 Å². The minimum atomic E-state index is -3.11. The van der Waals surface area contributed by atoms with E-state index >= 15 is 0 Å². The van der Waals surface area contributed by atoms with Crippen LogP contribution in [0.5, 0.6) is 0 Å². The van der Waals surface area contributed by atoms with Crippen molar-refractivity contribution in [3.05, 3.63) is 30.3 Å². The quantitative estimate of drug-likeness (QED) is 0.750. The molecule has 0 amide bonds. The average molecular weight is 210 g/mol. The topological polar surface area (TPSA) is 34.1 Å². The van der Waals surface area contributed by atoms with Crippen LogP contribution in [0.3, 0.4) is 0 Å². The second-order valence-electron chi connectivity index (χ2n) is 4.23. The number of hydrogen-bond donors (Lipinski definition) is 0. The van der Waals surface area contributed by atoms with Crippen molar-refractivity contribution in [3.63, 3.8) is 0 Å². The fourth-order valence-electron chi connectivity index (χ4n) is 1.79. The van der Waals surface area contributed by atoms with Crippen LogP contribution in [0.4, 0.5) is 0 Å². The predicted molar refractivity (Wildman–Crippen MR) is 55.8 cm³/mol. The summed E-state index contributed by atoms with van der Waals surface area (Å²) in [7, 11) is -3.11. The van der Waals surface area contributed by atoms with Crippen molar-refractivity contribution in [2.75, 3.05) is 0 Å². The van der Waals surface area contributed by atoms with Crippen LogP contribution in [-0.4, -0.2) is 13.2 Å². The molecule has 0 saturated heterocycles. The SMILES string of the molecule is C[C@H]1C[C@]1(C)S(=O)(=O)c1ccccc1. The third-order valence-corrected chi connectivity index (χ3v) is 5.95. The fourth-order valence-corrected chi connectivity index (χ4v) is 3.85. The summed E-state index contributed by atoms with van der Waals surface area (Å²) in [6.45, 7) is 3.82. The number of hydrogen-bond acceptors (Lipinski definition) is 2. The third-order valence-electron chi connectivity index (χ3n) is 3.26. The van der Waals surface area contributed by atoms with Crippen LogP contribution in [0, 0.1) is 5.92 Å². The first-order chi connectivity index (χ1) is 6.48. The Bertz CT molecular complexity index is 436. The molecule has 1 aliphatic rings. The maximum atomic E-state index is 12.1. The Morgan fingerprint density at radius 3 is 2.21 bits per heavy atom. The highest BCUT2D eigenvalue weighted by Gasteiger charge is 2.57. The van der Waals surface area contributed by atoms with Gasteiger partial charge in [0.05, 0.1) is 9.64 Å². The lowest BCUT2D eigenvalue weighted by Crippen LogP contribution is -2.21. The first-order valence-corrected chi connectivity index (χ1v) is 6.26. The Balaban J connectivity index is 2.45. The summed E-state index contributed by atoms with van der Waals surface area (Å²) >= 11 is 0. The van der Waals surface area contributed by atoms with Crippen molar-refractivity contribution >= 4 is 9.84 Å². The van der Waals surface area contributed by atoms with Gasteiger partial charge >= 0.3 is 0 Å². The molecule has 0 aromatic heterocycles. The summed E-state index contributed by atoms with van der Waals surface area (Å²) in [5, 5.41) is 0. The molecule has 2 atom stereocenters. The molecule has 1 aromatic rings. The van der Waals surface area contributed by atoms with Crippen molar-refractivity contribution in [2.24, 2.45) is 5.92 Å². The Morgan fingerprint density at radius 2 is 1.79 bits per heavy atom. The van der Waals surface area contributed by atoms with Crippen molar-refractivity contribution in [3.8, 4) is 0 Å². The molecular weight excluding hydrogens is 196 g/mol. The van der Waals surface area contributed by atoms with Crippen LogP contribution in [-0.2, 0) is 9.84 Å². The molecule has 1 fully saturated rings. The van der Waals surface area contributed by atoms with Gasteiger partial charge in [0.2, 0.25) is 0 Å². The molecule has 3 heteroatoms. The zero-order valence-electron chi connectivity index (χ0n) is 8.40. The first kappa shape index (κ1) is 9.71. The molecular formula is C11H14O2S. The summed E-state index contributed by atoms with van der Waals surface area (Å²) in [5.41, 5.74) is 0. The Hall–Kier alpha value is -0.830. The third kappa shape index (κ3) is 1.19. The lowest BCUT2D eigenvalue weighted by Gasteiger charge is -2.11. The van der Waals surface area contributed by atoms with Crippen LogP contribution in [0.2, 0.25) is 0 Å². The van der Waals surface area contributed by atoms with Gasteiger partial charge in [-0.1, -0.05) is 25.1 Å². The molecule has 0 spiro atoms. The highest BCUT2D eigenvalue weighted by molar-refractivity contribution is 7.93. The van der Waals surface area contributed by atoms with E-state index in [2.05, 4.69) is 0 Å². The van der Waals surface area contributed by atoms with E-state index in [1.807, 2.05) is 19.9 Å². The van der Waals surface area contributed by atoms with Gasteiger partial charge in [-0.3, -0.25) is 0 Å². The normalized spacial score (nSPS) is 31.4. The molecule has 0 heterocycles. The van der Waals surface area contributed by atoms with Gasteiger partial charge in [0.15, 0.2) is 9.84 Å². The van der Waals surface area contributed by atoms with Gasteiger partial charge in [0, 0.05) is 0 Å². The molecule has 2 nitrogen and oxygen atoms in total. The maximum absolute atomic E-state index is 12.1.